The van der Waals surface area contributed by atoms with Crippen molar-refractivity contribution in [1.82, 2.24) is 5.32 Å². The Morgan fingerprint density at radius 2 is 1.87 bits per heavy atom. The van der Waals surface area contributed by atoms with Crippen LogP contribution in [0.3, 0.4) is 0 Å². The number of fused-ring (bicyclic) bond motifs is 1. The largest absolute Gasteiger partial charge is 0.496 e. The number of benzene rings is 2. The molecule has 0 aliphatic carbocycles. The lowest BCUT2D eigenvalue weighted by molar-refractivity contribution is 0.294. The first kappa shape index (κ1) is 22.8. The molecule has 2 aromatic carbocycles. The first-order valence-corrected chi connectivity index (χ1v) is 12.7. The zero-order chi connectivity index (χ0) is 21.9. The van der Waals surface area contributed by atoms with E-state index in [2.05, 4.69) is 45.1 Å². The third kappa shape index (κ3) is 4.42. The smallest absolute Gasteiger partial charge is 0.180 e. The maximum atomic E-state index is 13.7. The van der Waals surface area contributed by atoms with E-state index < -0.39 is 15.4 Å². The van der Waals surface area contributed by atoms with Crippen molar-refractivity contribution in [2.24, 2.45) is 0 Å². The van der Waals surface area contributed by atoms with E-state index in [1.54, 1.807) is 7.11 Å². The van der Waals surface area contributed by atoms with E-state index in [1.807, 2.05) is 30.3 Å². The highest BCUT2D eigenvalue weighted by atomic mass is 32.2. The number of hydrogen-bond donors (Lipinski definition) is 1. The standard InChI is InChI=1S/C25H35NO3S/c1-6-8-14-25(7-2)17-30(27,28)23-16-20(18(3)4)22(29-5)15-21(23)24(26-25)19-12-10-9-11-13-19/h9-13,15-16,18,24,26H,6-8,14,17H2,1-5H3/t24-,25-/m1/s1. The zero-order valence-corrected chi connectivity index (χ0v) is 19.7. The molecular formula is C25H35NO3S. The second kappa shape index (κ2) is 9.11. The van der Waals surface area contributed by atoms with Crippen LogP contribution in [0, 0.1) is 0 Å². The van der Waals surface area contributed by atoms with Gasteiger partial charge in [-0.05, 0) is 47.6 Å². The zero-order valence-electron chi connectivity index (χ0n) is 18.9. The highest BCUT2D eigenvalue weighted by Crippen LogP contribution is 2.42. The Bertz CT molecular complexity index is 969. The Morgan fingerprint density at radius 3 is 2.43 bits per heavy atom. The topological polar surface area (TPSA) is 55.4 Å². The van der Waals surface area contributed by atoms with Gasteiger partial charge in [0.25, 0.3) is 0 Å². The molecule has 164 valence electrons. The minimum absolute atomic E-state index is 0.122. The van der Waals surface area contributed by atoms with Crippen LogP contribution in [-0.4, -0.2) is 26.8 Å². The van der Waals surface area contributed by atoms with Crippen molar-refractivity contribution >= 4 is 9.84 Å². The van der Waals surface area contributed by atoms with E-state index in [0.717, 1.165) is 48.1 Å². The molecule has 2 atom stereocenters. The molecule has 0 unspecified atom stereocenters. The fourth-order valence-corrected chi connectivity index (χ4v) is 6.69. The van der Waals surface area contributed by atoms with E-state index in [-0.39, 0.29) is 17.7 Å². The molecule has 4 nitrogen and oxygen atoms in total. The summed E-state index contributed by atoms with van der Waals surface area (Å²) in [5.41, 5.74) is 2.34. The minimum Gasteiger partial charge on any atom is -0.496 e. The van der Waals surface area contributed by atoms with Crippen LogP contribution in [0.1, 0.15) is 82.0 Å². The summed E-state index contributed by atoms with van der Waals surface area (Å²) >= 11 is 0. The fourth-order valence-electron chi connectivity index (χ4n) is 4.53. The van der Waals surface area contributed by atoms with Crippen molar-refractivity contribution in [1.29, 1.82) is 0 Å². The first-order valence-electron chi connectivity index (χ1n) is 11.0. The summed E-state index contributed by atoms with van der Waals surface area (Å²) < 4.78 is 33.1. The number of rotatable bonds is 7. The lowest BCUT2D eigenvalue weighted by atomic mass is 9.87. The molecule has 0 saturated carbocycles. The summed E-state index contributed by atoms with van der Waals surface area (Å²) in [6, 6.07) is 13.8. The molecule has 0 bridgehead atoms. The Morgan fingerprint density at radius 1 is 1.17 bits per heavy atom. The molecule has 2 aromatic rings. The molecule has 30 heavy (non-hydrogen) atoms. The summed E-state index contributed by atoms with van der Waals surface area (Å²) in [4.78, 5) is 0.445. The third-order valence-electron chi connectivity index (χ3n) is 6.37. The van der Waals surface area contributed by atoms with Crippen LogP contribution in [-0.2, 0) is 9.84 Å². The first-order chi connectivity index (χ1) is 14.3. The molecule has 1 heterocycles. The van der Waals surface area contributed by atoms with Gasteiger partial charge in [0.15, 0.2) is 9.84 Å². The highest BCUT2D eigenvalue weighted by Gasteiger charge is 2.42. The summed E-state index contributed by atoms with van der Waals surface area (Å²) in [6.07, 6.45) is 3.63. The quantitative estimate of drug-likeness (QED) is 0.620. The summed E-state index contributed by atoms with van der Waals surface area (Å²) in [5, 5.41) is 3.81. The number of nitrogens with one attached hydrogen (secondary N) is 1. The van der Waals surface area contributed by atoms with Crippen LogP contribution >= 0.6 is 0 Å². The molecule has 0 fully saturated rings. The average molecular weight is 430 g/mol. The van der Waals surface area contributed by atoms with Crippen molar-refractivity contribution < 1.29 is 13.2 Å². The van der Waals surface area contributed by atoms with E-state index >= 15 is 0 Å². The second-order valence-corrected chi connectivity index (χ2v) is 10.7. The summed E-state index contributed by atoms with van der Waals surface area (Å²) in [7, 11) is -1.81. The van der Waals surface area contributed by atoms with Crippen LogP contribution in [0.4, 0.5) is 0 Å². The SMILES string of the molecule is CCCC[C@]1(CC)CS(=O)(=O)c2cc(C(C)C)c(OC)cc2[C@@H](c2ccccc2)N1. The highest BCUT2D eigenvalue weighted by molar-refractivity contribution is 7.91. The van der Waals surface area contributed by atoms with Crippen LogP contribution in [0.15, 0.2) is 47.4 Å². The van der Waals surface area contributed by atoms with Gasteiger partial charge in [-0.25, -0.2) is 8.42 Å². The van der Waals surface area contributed by atoms with Gasteiger partial charge in [0.2, 0.25) is 0 Å². The van der Waals surface area contributed by atoms with E-state index in [4.69, 9.17) is 4.74 Å². The van der Waals surface area contributed by atoms with Gasteiger partial charge in [0.1, 0.15) is 5.75 Å². The molecule has 3 rings (SSSR count). The normalized spacial score (nSPS) is 23.1. The molecule has 1 aliphatic heterocycles. The van der Waals surface area contributed by atoms with Gasteiger partial charge in [-0.15, -0.1) is 0 Å². The van der Waals surface area contributed by atoms with Crippen LogP contribution in [0.25, 0.3) is 0 Å². The fraction of sp³-hybridized carbons (Fsp3) is 0.520. The molecule has 0 saturated heterocycles. The van der Waals surface area contributed by atoms with Gasteiger partial charge < -0.3 is 4.74 Å². The van der Waals surface area contributed by atoms with Crippen molar-refractivity contribution in [3.05, 3.63) is 59.2 Å². The maximum Gasteiger partial charge on any atom is 0.180 e. The maximum absolute atomic E-state index is 13.7. The molecule has 0 amide bonds. The van der Waals surface area contributed by atoms with Crippen molar-refractivity contribution in [3.63, 3.8) is 0 Å². The predicted molar refractivity (Wildman–Crippen MR) is 123 cm³/mol. The second-order valence-electron chi connectivity index (χ2n) is 8.77. The molecule has 1 N–H and O–H groups in total. The summed E-state index contributed by atoms with van der Waals surface area (Å²) in [5.74, 6) is 1.04. The number of hydrogen-bond acceptors (Lipinski definition) is 4. The third-order valence-corrected chi connectivity index (χ3v) is 8.32. The molecular weight excluding hydrogens is 394 g/mol. The lowest BCUT2D eigenvalue weighted by Gasteiger charge is -2.36. The van der Waals surface area contributed by atoms with Gasteiger partial charge in [0, 0.05) is 5.54 Å². The predicted octanol–water partition coefficient (Wildman–Crippen LogP) is 5.62. The van der Waals surface area contributed by atoms with Gasteiger partial charge >= 0.3 is 0 Å². The van der Waals surface area contributed by atoms with Gasteiger partial charge in [0.05, 0.1) is 23.8 Å². The van der Waals surface area contributed by atoms with E-state index in [0.29, 0.717) is 4.90 Å². The average Bonchev–Trinajstić information content (AvgIpc) is 2.84. The van der Waals surface area contributed by atoms with Gasteiger partial charge in [-0.1, -0.05) is 70.9 Å². The monoisotopic (exact) mass is 429 g/mol. The molecule has 1 aliphatic rings. The van der Waals surface area contributed by atoms with Crippen LogP contribution in [0.5, 0.6) is 5.75 Å². The number of ether oxygens (including phenoxy) is 1. The molecule has 0 spiro atoms. The lowest BCUT2D eigenvalue weighted by Crippen LogP contribution is -2.50. The van der Waals surface area contributed by atoms with E-state index in [1.165, 1.54) is 0 Å². The Labute approximate surface area is 182 Å². The van der Waals surface area contributed by atoms with Gasteiger partial charge in [-0.2, -0.15) is 0 Å². The minimum atomic E-state index is -3.47. The van der Waals surface area contributed by atoms with Gasteiger partial charge in [-0.3, -0.25) is 5.32 Å². The number of unbranched alkanes of at least 4 members (excludes halogenated alkanes) is 1. The number of sulfone groups is 1. The Hall–Kier alpha value is -1.85. The van der Waals surface area contributed by atoms with Crippen molar-refractivity contribution in [3.8, 4) is 5.75 Å². The van der Waals surface area contributed by atoms with Crippen molar-refractivity contribution in [2.45, 2.75) is 75.8 Å². The van der Waals surface area contributed by atoms with Crippen LogP contribution in [0.2, 0.25) is 0 Å². The molecule has 0 radical (unpaired) electrons. The van der Waals surface area contributed by atoms with Crippen LogP contribution < -0.4 is 10.1 Å². The van der Waals surface area contributed by atoms with E-state index in [9.17, 15) is 8.42 Å². The molecule has 0 aromatic heterocycles. The molecule has 5 heteroatoms. The van der Waals surface area contributed by atoms with Crippen molar-refractivity contribution in [2.75, 3.05) is 12.9 Å². The number of methoxy groups -OCH3 is 1. The summed E-state index contributed by atoms with van der Waals surface area (Å²) in [6.45, 7) is 8.38. The Kier molecular flexibility index (Phi) is 6.93. The Balaban J connectivity index is 2.29.